The molecule has 1 fully saturated rings. The number of phenolic OH excluding ortho intramolecular Hbond substituents is 1. The van der Waals surface area contributed by atoms with E-state index in [-0.39, 0.29) is 17.2 Å². The third-order valence-electron chi connectivity index (χ3n) is 8.18. The highest BCUT2D eigenvalue weighted by molar-refractivity contribution is 7.25. The minimum absolute atomic E-state index is 0.146. The molecule has 0 spiro atoms. The molecule has 210 valence electrons. The Morgan fingerprint density at radius 3 is 2.78 bits per heavy atom. The highest BCUT2D eigenvalue weighted by atomic mass is 32.1. The van der Waals surface area contributed by atoms with E-state index < -0.39 is 5.69 Å². The van der Waals surface area contributed by atoms with Crippen molar-refractivity contribution >= 4 is 31.9 Å². The molecule has 0 aliphatic carbocycles. The van der Waals surface area contributed by atoms with Crippen LogP contribution < -0.4 is 20.7 Å². The molecule has 2 aliphatic rings. The lowest BCUT2D eigenvalue weighted by molar-refractivity contribution is 0.201. The van der Waals surface area contributed by atoms with Crippen molar-refractivity contribution in [1.82, 2.24) is 24.4 Å². The summed E-state index contributed by atoms with van der Waals surface area (Å²) in [6.45, 7) is 3.48. The minimum Gasteiger partial charge on any atom is -0.504 e. The first-order valence-corrected chi connectivity index (χ1v) is 14.6. The number of thiophene rings is 1. The third-order valence-corrected chi connectivity index (χ3v) is 9.25. The smallest absolute Gasteiger partial charge is 0.328 e. The fourth-order valence-electron chi connectivity index (χ4n) is 6.16. The number of hydrogen-bond donors (Lipinski definition) is 2. The lowest BCUT2D eigenvalue weighted by Gasteiger charge is -2.29. The van der Waals surface area contributed by atoms with Crippen LogP contribution in [0.15, 0.2) is 58.3 Å². The molecule has 7 rings (SSSR count). The van der Waals surface area contributed by atoms with E-state index in [4.69, 9.17) is 14.5 Å². The molecule has 10 nitrogen and oxygen atoms in total. The molecule has 0 amide bonds. The van der Waals surface area contributed by atoms with Gasteiger partial charge in [-0.15, -0.1) is 11.3 Å². The Morgan fingerprint density at radius 2 is 1.95 bits per heavy atom. The zero-order chi connectivity index (χ0) is 28.1. The van der Waals surface area contributed by atoms with Gasteiger partial charge in [-0.3, -0.25) is 9.36 Å². The predicted molar refractivity (Wildman–Crippen MR) is 157 cm³/mol. The van der Waals surface area contributed by atoms with Crippen LogP contribution in [0, 0.1) is 5.92 Å². The molecule has 3 aromatic heterocycles. The van der Waals surface area contributed by atoms with E-state index in [1.807, 2.05) is 30.3 Å². The number of H-pyrrole nitrogens is 1. The van der Waals surface area contributed by atoms with Crippen LogP contribution in [-0.4, -0.2) is 62.9 Å². The monoisotopic (exact) mass is 571 g/mol. The molecule has 0 saturated carbocycles. The Hall–Kier alpha value is -4.22. The summed E-state index contributed by atoms with van der Waals surface area (Å²) in [7, 11) is 1.64. The second-order valence-electron chi connectivity index (χ2n) is 10.6. The van der Waals surface area contributed by atoms with Crippen LogP contribution in [0.5, 0.6) is 17.2 Å². The third kappa shape index (κ3) is 4.45. The van der Waals surface area contributed by atoms with Gasteiger partial charge in [-0.05, 0) is 31.5 Å². The number of hydrogen-bond acceptors (Lipinski definition) is 9. The highest BCUT2D eigenvalue weighted by Crippen LogP contribution is 2.49. The second-order valence-corrected chi connectivity index (χ2v) is 11.6. The fraction of sp³-hybridized carbons (Fsp3) is 0.333. The first-order valence-electron chi connectivity index (χ1n) is 13.7. The first-order chi connectivity index (χ1) is 20.0. The van der Waals surface area contributed by atoms with Crippen molar-refractivity contribution in [2.75, 3.05) is 33.4 Å². The van der Waals surface area contributed by atoms with Gasteiger partial charge in [-0.1, -0.05) is 30.3 Å². The molecule has 41 heavy (non-hydrogen) atoms. The number of benzene rings is 2. The summed E-state index contributed by atoms with van der Waals surface area (Å²) in [5.74, 6) is 1.97. The zero-order valence-corrected chi connectivity index (χ0v) is 23.3. The molecule has 0 unspecified atom stereocenters. The van der Waals surface area contributed by atoms with Crippen molar-refractivity contribution in [2.45, 2.75) is 25.3 Å². The number of aromatic hydroxyl groups is 1. The molecule has 2 N–H and O–H groups in total. The molecule has 1 saturated heterocycles. The number of fused-ring (bicyclic) bond motifs is 6. The number of methoxy groups -OCH3 is 1. The maximum Gasteiger partial charge on any atom is 0.328 e. The van der Waals surface area contributed by atoms with Gasteiger partial charge < -0.3 is 24.5 Å². The largest absolute Gasteiger partial charge is 0.504 e. The van der Waals surface area contributed by atoms with Gasteiger partial charge in [0.15, 0.2) is 11.5 Å². The number of phenols is 1. The molecule has 0 bridgehead atoms. The minimum atomic E-state index is -0.429. The average Bonchev–Trinajstić information content (AvgIpc) is 3.58. The van der Waals surface area contributed by atoms with E-state index >= 15 is 0 Å². The van der Waals surface area contributed by atoms with Crippen LogP contribution in [-0.2, 0) is 6.54 Å². The van der Waals surface area contributed by atoms with Crippen LogP contribution in [0.2, 0.25) is 0 Å². The zero-order valence-electron chi connectivity index (χ0n) is 22.5. The number of nitrogens with one attached hydrogen (secondary N) is 1. The van der Waals surface area contributed by atoms with Crippen molar-refractivity contribution in [3.8, 4) is 28.5 Å². The Labute approximate surface area is 238 Å². The lowest BCUT2D eigenvalue weighted by Crippen LogP contribution is -2.34. The van der Waals surface area contributed by atoms with Crippen LogP contribution in [0.4, 0.5) is 0 Å². The van der Waals surface area contributed by atoms with Gasteiger partial charge in [-0.25, -0.2) is 14.8 Å². The van der Waals surface area contributed by atoms with E-state index in [1.54, 1.807) is 25.4 Å². The molecule has 5 aromatic rings. The van der Waals surface area contributed by atoms with Crippen LogP contribution in [0.1, 0.15) is 24.3 Å². The second kappa shape index (κ2) is 10.3. The predicted octanol–water partition coefficient (Wildman–Crippen LogP) is 3.96. The molecule has 5 heterocycles. The van der Waals surface area contributed by atoms with E-state index in [2.05, 4.69) is 14.9 Å². The van der Waals surface area contributed by atoms with Crippen molar-refractivity contribution < 1.29 is 14.6 Å². The summed E-state index contributed by atoms with van der Waals surface area (Å²) < 4.78 is 13.2. The highest BCUT2D eigenvalue weighted by Gasteiger charge is 2.41. The molecule has 0 radical (unpaired) electrons. The summed E-state index contributed by atoms with van der Waals surface area (Å²) in [6.07, 6.45) is 3.23. The molecular weight excluding hydrogens is 542 g/mol. The fourth-order valence-corrected chi connectivity index (χ4v) is 7.15. The van der Waals surface area contributed by atoms with Crippen LogP contribution >= 0.6 is 11.3 Å². The van der Waals surface area contributed by atoms with E-state index in [9.17, 15) is 14.7 Å². The van der Waals surface area contributed by atoms with E-state index in [0.717, 1.165) is 42.9 Å². The summed E-state index contributed by atoms with van der Waals surface area (Å²) in [5.41, 5.74) is 2.81. The van der Waals surface area contributed by atoms with Crippen LogP contribution in [0.3, 0.4) is 0 Å². The van der Waals surface area contributed by atoms with Gasteiger partial charge in [0.05, 0.1) is 31.1 Å². The maximum atomic E-state index is 13.3. The quantitative estimate of drug-likeness (QED) is 0.282. The van der Waals surface area contributed by atoms with Gasteiger partial charge in [0.1, 0.15) is 20.8 Å². The molecular formula is C30H29N5O5S. The van der Waals surface area contributed by atoms with Crippen molar-refractivity contribution in [3.63, 3.8) is 0 Å². The number of rotatable bonds is 7. The Morgan fingerprint density at radius 1 is 1.12 bits per heavy atom. The standard InChI is InChI=1S/C30H29N5O5S/c1-39-22-10-9-21(36)26-23(22)19-15-34(14-18(19)16-40-26)11-5-6-12-35-29(37)27-24(33-30(35)38)25-28(41-27)31-13-20(32-25)17-7-3-2-4-8-17/h2-4,7-10,13,18-19,36H,5-6,11-12,14-16H2,1H3,(H,33,38)/t18-,19-/m1/s1. The topological polar surface area (TPSA) is 123 Å². The van der Waals surface area contributed by atoms with Gasteiger partial charge in [0.25, 0.3) is 5.56 Å². The van der Waals surface area contributed by atoms with Gasteiger partial charge in [-0.2, -0.15) is 0 Å². The Bertz CT molecular complexity index is 1880. The molecule has 2 atom stereocenters. The lowest BCUT2D eigenvalue weighted by atomic mass is 9.86. The van der Waals surface area contributed by atoms with Crippen molar-refractivity contribution in [3.05, 3.63) is 75.1 Å². The number of aromatic amines is 1. The average molecular weight is 572 g/mol. The summed E-state index contributed by atoms with van der Waals surface area (Å²) in [5, 5.41) is 10.3. The number of ether oxygens (including phenoxy) is 2. The summed E-state index contributed by atoms with van der Waals surface area (Å²) in [6, 6.07) is 13.1. The van der Waals surface area contributed by atoms with Crippen molar-refractivity contribution in [2.24, 2.45) is 5.92 Å². The Balaban J connectivity index is 1.05. The normalized spacial score (nSPS) is 18.4. The van der Waals surface area contributed by atoms with Gasteiger partial charge >= 0.3 is 5.69 Å². The molecule has 11 heteroatoms. The SMILES string of the molecule is COc1ccc(O)c2c1[C@@H]1CN(CCCCn3c(=O)[nH]c4c(sc5ncc(-c6ccccc6)nc54)c3=O)C[C@@H]1CO2. The van der Waals surface area contributed by atoms with Gasteiger partial charge in [0, 0.05) is 42.6 Å². The van der Waals surface area contributed by atoms with Gasteiger partial charge in [0.2, 0.25) is 0 Å². The van der Waals surface area contributed by atoms with E-state index in [1.165, 1.54) is 15.9 Å². The number of aromatic nitrogens is 4. The van der Waals surface area contributed by atoms with Crippen LogP contribution in [0.25, 0.3) is 31.8 Å². The van der Waals surface area contributed by atoms with E-state index in [0.29, 0.717) is 57.5 Å². The molecule has 2 aromatic carbocycles. The summed E-state index contributed by atoms with van der Waals surface area (Å²) >= 11 is 1.26. The molecule has 2 aliphatic heterocycles. The number of unbranched alkanes of at least 4 members (excludes halogenated alkanes) is 1. The maximum absolute atomic E-state index is 13.3. The number of nitrogens with zero attached hydrogens (tertiary/aromatic N) is 4. The summed E-state index contributed by atoms with van der Waals surface area (Å²) in [4.78, 5) is 41.5. The van der Waals surface area contributed by atoms with Crippen molar-refractivity contribution in [1.29, 1.82) is 0 Å². The first kappa shape index (κ1) is 25.7. The number of likely N-dealkylation sites (tertiary alicyclic amines) is 1. The Kier molecular flexibility index (Phi) is 6.47.